The Morgan fingerprint density at radius 2 is 2.14 bits per heavy atom. The SMILES string of the molecule is CC1CC(N)(I)C1. The van der Waals surface area contributed by atoms with Gasteiger partial charge in [0.1, 0.15) is 0 Å². The smallest absolute Gasteiger partial charge is 0.0685 e. The molecule has 0 atom stereocenters. The summed E-state index contributed by atoms with van der Waals surface area (Å²) in [6.45, 7) is 2.24. The zero-order valence-electron chi connectivity index (χ0n) is 4.45. The van der Waals surface area contributed by atoms with Crippen LogP contribution in [0.4, 0.5) is 0 Å². The molecule has 0 amide bonds. The third kappa shape index (κ3) is 1.29. The molecule has 0 bridgehead atoms. The molecule has 1 saturated carbocycles. The number of rotatable bonds is 0. The van der Waals surface area contributed by atoms with Crippen LogP contribution in [0.5, 0.6) is 0 Å². The molecule has 1 aliphatic rings. The molecular formula is C5H10IN. The van der Waals surface area contributed by atoms with E-state index in [9.17, 15) is 0 Å². The lowest BCUT2D eigenvalue weighted by molar-refractivity contribution is 0.274. The Morgan fingerprint density at radius 3 is 2.14 bits per heavy atom. The molecule has 0 unspecified atom stereocenters. The van der Waals surface area contributed by atoms with Crippen molar-refractivity contribution in [2.75, 3.05) is 0 Å². The molecule has 1 rings (SSSR count). The van der Waals surface area contributed by atoms with E-state index in [1.165, 1.54) is 12.8 Å². The van der Waals surface area contributed by atoms with Crippen molar-refractivity contribution in [2.24, 2.45) is 11.7 Å². The number of alkyl halides is 1. The summed E-state index contributed by atoms with van der Waals surface area (Å²) < 4.78 is 0.164. The molecule has 0 spiro atoms. The van der Waals surface area contributed by atoms with Gasteiger partial charge in [0.05, 0.1) is 3.55 Å². The van der Waals surface area contributed by atoms with E-state index in [1.54, 1.807) is 0 Å². The van der Waals surface area contributed by atoms with E-state index >= 15 is 0 Å². The lowest BCUT2D eigenvalue weighted by Gasteiger charge is -2.38. The van der Waals surface area contributed by atoms with Gasteiger partial charge in [0.25, 0.3) is 0 Å². The fourth-order valence-corrected chi connectivity index (χ4v) is 2.60. The Bertz CT molecular complexity index is 72.1. The van der Waals surface area contributed by atoms with E-state index in [2.05, 4.69) is 29.5 Å². The zero-order chi connectivity index (χ0) is 5.49. The van der Waals surface area contributed by atoms with Gasteiger partial charge in [0.2, 0.25) is 0 Å². The monoisotopic (exact) mass is 211 g/mol. The van der Waals surface area contributed by atoms with Crippen LogP contribution in [-0.4, -0.2) is 3.55 Å². The summed E-state index contributed by atoms with van der Waals surface area (Å²) in [5.74, 6) is 0.877. The number of hydrogen-bond acceptors (Lipinski definition) is 1. The summed E-state index contributed by atoms with van der Waals surface area (Å²) in [5, 5.41) is 0. The third-order valence-electron chi connectivity index (χ3n) is 1.38. The van der Waals surface area contributed by atoms with Crippen molar-refractivity contribution in [3.8, 4) is 0 Å². The van der Waals surface area contributed by atoms with Crippen LogP contribution in [0.3, 0.4) is 0 Å². The van der Waals surface area contributed by atoms with Crippen molar-refractivity contribution in [3.63, 3.8) is 0 Å². The Morgan fingerprint density at radius 1 is 1.71 bits per heavy atom. The largest absolute Gasteiger partial charge is 0.317 e. The van der Waals surface area contributed by atoms with Gasteiger partial charge in [0, 0.05) is 0 Å². The van der Waals surface area contributed by atoms with Crippen LogP contribution in [0.1, 0.15) is 19.8 Å². The Kier molecular flexibility index (Phi) is 1.32. The van der Waals surface area contributed by atoms with Crippen LogP contribution in [0.2, 0.25) is 0 Å². The van der Waals surface area contributed by atoms with Gasteiger partial charge in [-0.3, -0.25) is 0 Å². The maximum Gasteiger partial charge on any atom is 0.0685 e. The predicted octanol–water partition coefficient (Wildman–Crippen LogP) is 1.51. The second kappa shape index (κ2) is 1.58. The van der Waals surface area contributed by atoms with Gasteiger partial charge in [-0.2, -0.15) is 0 Å². The first-order valence-electron chi connectivity index (χ1n) is 2.58. The van der Waals surface area contributed by atoms with Crippen molar-refractivity contribution >= 4 is 22.6 Å². The minimum atomic E-state index is 0.164. The molecule has 2 N–H and O–H groups in total. The van der Waals surface area contributed by atoms with Crippen molar-refractivity contribution in [3.05, 3.63) is 0 Å². The van der Waals surface area contributed by atoms with Gasteiger partial charge in [-0.1, -0.05) is 29.5 Å². The van der Waals surface area contributed by atoms with E-state index in [1.807, 2.05) is 0 Å². The van der Waals surface area contributed by atoms with Crippen molar-refractivity contribution in [1.29, 1.82) is 0 Å². The van der Waals surface area contributed by atoms with Gasteiger partial charge in [-0.05, 0) is 18.8 Å². The number of halogens is 1. The summed E-state index contributed by atoms with van der Waals surface area (Å²) in [7, 11) is 0. The second-order valence-corrected chi connectivity index (χ2v) is 4.70. The quantitative estimate of drug-likeness (QED) is 0.366. The highest BCUT2D eigenvalue weighted by molar-refractivity contribution is 14.1. The number of hydrogen-bond donors (Lipinski definition) is 1. The molecule has 2 heteroatoms. The van der Waals surface area contributed by atoms with Crippen molar-refractivity contribution < 1.29 is 0 Å². The average molecular weight is 211 g/mol. The molecular weight excluding hydrogens is 201 g/mol. The molecule has 0 aliphatic heterocycles. The molecule has 1 aliphatic carbocycles. The summed E-state index contributed by atoms with van der Waals surface area (Å²) in [6, 6.07) is 0. The Labute approximate surface area is 57.8 Å². The van der Waals surface area contributed by atoms with Gasteiger partial charge in [0.15, 0.2) is 0 Å². The van der Waals surface area contributed by atoms with E-state index in [-0.39, 0.29) is 3.55 Å². The first-order valence-corrected chi connectivity index (χ1v) is 3.66. The zero-order valence-corrected chi connectivity index (χ0v) is 6.60. The lowest BCUT2D eigenvalue weighted by atomic mass is 9.83. The second-order valence-electron chi connectivity index (χ2n) is 2.55. The lowest BCUT2D eigenvalue weighted by Crippen LogP contribution is -2.44. The van der Waals surface area contributed by atoms with Gasteiger partial charge in [-0.15, -0.1) is 0 Å². The molecule has 42 valence electrons. The van der Waals surface area contributed by atoms with Crippen LogP contribution in [0, 0.1) is 5.92 Å². The van der Waals surface area contributed by atoms with Gasteiger partial charge < -0.3 is 5.73 Å². The Balaban J connectivity index is 2.29. The van der Waals surface area contributed by atoms with Crippen LogP contribution in [-0.2, 0) is 0 Å². The predicted molar refractivity (Wildman–Crippen MR) is 39.3 cm³/mol. The molecule has 0 radical (unpaired) electrons. The molecule has 0 aromatic heterocycles. The Hall–Kier alpha value is 0.690. The van der Waals surface area contributed by atoms with Gasteiger partial charge >= 0.3 is 0 Å². The summed E-state index contributed by atoms with van der Waals surface area (Å²) in [4.78, 5) is 0. The van der Waals surface area contributed by atoms with Crippen molar-refractivity contribution in [2.45, 2.75) is 23.3 Å². The van der Waals surface area contributed by atoms with Crippen LogP contribution < -0.4 is 5.73 Å². The first-order chi connectivity index (χ1) is 3.10. The van der Waals surface area contributed by atoms with Crippen LogP contribution in [0.15, 0.2) is 0 Å². The average Bonchev–Trinajstić information content (AvgIpc) is 1.27. The fourth-order valence-electron chi connectivity index (χ4n) is 1.10. The summed E-state index contributed by atoms with van der Waals surface area (Å²) in [5.41, 5.74) is 5.70. The molecule has 0 aromatic rings. The highest BCUT2D eigenvalue weighted by Crippen LogP contribution is 2.39. The highest BCUT2D eigenvalue weighted by atomic mass is 127. The van der Waals surface area contributed by atoms with Crippen molar-refractivity contribution in [1.82, 2.24) is 0 Å². The van der Waals surface area contributed by atoms with E-state index < -0.39 is 0 Å². The van der Waals surface area contributed by atoms with E-state index in [0.717, 1.165) is 5.92 Å². The molecule has 1 nitrogen and oxygen atoms in total. The molecule has 7 heavy (non-hydrogen) atoms. The van der Waals surface area contributed by atoms with Gasteiger partial charge in [-0.25, -0.2) is 0 Å². The topological polar surface area (TPSA) is 26.0 Å². The third-order valence-corrected chi connectivity index (χ3v) is 2.26. The minimum Gasteiger partial charge on any atom is -0.317 e. The molecule has 0 heterocycles. The summed E-state index contributed by atoms with van der Waals surface area (Å²) >= 11 is 2.32. The maximum absolute atomic E-state index is 5.70. The molecule has 1 fully saturated rings. The maximum atomic E-state index is 5.70. The highest BCUT2D eigenvalue weighted by Gasteiger charge is 2.35. The molecule has 0 aromatic carbocycles. The standard InChI is InChI=1S/C5H10IN/c1-4-2-5(6,7)3-4/h4H,2-3,7H2,1H3. The minimum absolute atomic E-state index is 0.164. The molecule has 0 saturated heterocycles. The van der Waals surface area contributed by atoms with Crippen LogP contribution in [0.25, 0.3) is 0 Å². The fraction of sp³-hybridized carbons (Fsp3) is 1.00. The summed E-state index contributed by atoms with van der Waals surface area (Å²) in [6.07, 6.45) is 2.40. The van der Waals surface area contributed by atoms with Crippen LogP contribution >= 0.6 is 22.6 Å². The van der Waals surface area contributed by atoms with E-state index in [0.29, 0.717) is 0 Å². The normalized spacial score (nSPS) is 51.0. The number of nitrogens with two attached hydrogens (primary N) is 1. The first kappa shape index (κ1) is 5.82. The van der Waals surface area contributed by atoms with E-state index in [4.69, 9.17) is 5.73 Å².